The number of para-hydroxylation sites is 1. The van der Waals surface area contributed by atoms with Gasteiger partial charge in [-0.1, -0.05) is 6.07 Å². The number of benzene rings is 2. The van der Waals surface area contributed by atoms with Crippen LogP contribution in [0, 0.1) is 5.82 Å². The number of carbonyl (C=O) groups excluding carboxylic acids is 1. The SMILES string of the molecule is COC(=O)c1ccc(F)cc1NS(=O)(=O)c1cccc2nccnc12.[Zn]. The molecule has 0 atom stereocenters. The van der Waals surface area contributed by atoms with Crippen molar-refractivity contribution in [3.05, 3.63) is 60.2 Å². The number of ether oxygens (including phenoxy) is 1. The Kier molecular flexibility index (Phi) is 5.99. The standard InChI is InChI=1S/C16H12FN3O4S.Zn/c1-24-16(21)11-6-5-10(17)9-13(11)20-25(22,23)14-4-2-3-12-15(14)19-8-7-18-12;/h2-9,20H,1H3;. The van der Waals surface area contributed by atoms with Crippen molar-refractivity contribution in [3.8, 4) is 0 Å². The third kappa shape index (κ3) is 3.86. The number of anilines is 1. The molecule has 0 bridgehead atoms. The molecule has 130 valence electrons. The van der Waals surface area contributed by atoms with Crippen molar-refractivity contribution in [2.75, 3.05) is 11.8 Å². The van der Waals surface area contributed by atoms with Gasteiger partial charge < -0.3 is 4.74 Å². The van der Waals surface area contributed by atoms with Gasteiger partial charge in [0.05, 0.1) is 23.9 Å². The molecular weight excluding hydrogens is 415 g/mol. The quantitative estimate of drug-likeness (QED) is 0.508. The monoisotopic (exact) mass is 425 g/mol. The first-order valence-corrected chi connectivity index (χ1v) is 8.51. The van der Waals surface area contributed by atoms with Crippen molar-refractivity contribution >= 4 is 32.7 Å². The fraction of sp³-hybridized carbons (Fsp3) is 0.0625. The molecule has 2 aromatic carbocycles. The Morgan fingerprint density at radius 2 is 1.88 bits per heavy atom. The maximum atomic E-state index is 13.5. The van der Waals surface area contributed by atoms with Crippen molar-refractivity contribution < 1.29 is 41.8 Å². The molecule has 0 saturated heterocycles. The molecule has 0 aliphatic rings. The second kappa shape index (κ2) is 7.84. The average molecular weight is 427 g/mol. The number of esters is 1. The maximum Gasteiger partial charge on any atom is 0.339 e. The Labute approximate surface area is 161 Å². The zero-order valence-corrected chi connectivity index (χ0v) is 17.4. The maximum absolute atomic E-state index is 13.5. The van der Waals surface area contributed by atoms with Crippen LogP contribution in [0.5, 0.6) is 0 Å². The molecule has 0 aliphatic carbocycles. The summed E-state index contributed by atoms with van der Waals surface area (Å²) in [5.41, 5.74) is 0.206. The topological polar surface area (TPSA) is 98.2 Å². The predicted molar refractivity (Wildman–Crippen MR) is 88.1 cm³/mol. The van der Waals surface area contributed by atoms with Gasteiger partial charge in [-0.05, 0) is 30.3 Å². The summed E-state index contributed by atoms with van der Waals surface area (Å²) in [7, 11) is -3.00. The molecule has 3 aromatic rings. The average Bonchev–Trinajstić information content (AvgIpc) is 2.60. The van der Waals surface area contributed by atoms with Gasteiger partial charge in [0.2, 0.25) is 0 Å². The van der Waals surface area contributed by atoms with E-state index in [2.05, 4.69) is 19.4 Å². The summed E-state index contributed by atoms with van der Waals surface area (Å²) >= 11 is 0. The third-order valence-corrected chi connectivity index (χ3v) is 4.78. The van der Waals surface area contributed by atoms with Crippen molar-refractivity contribution in [2.24, 2.45) is 0 Å². The molecule has 1 N–H and O–H groups in total. The fourth-order valence-corrected chi connectivity index (χ4v) is 3.51. The summed E-state index contributed by atoms with van der Waals surface area (Å²) in [5.74, 6) is -1.50. The number of methoxy groups -OCH3 is 1. The van der Waals surface area contributed by atoms with Gasteiger partial charge in [0.1, 0.15) is 16.2 Å². The molecule has 1 heterocycles. The van der Waals surface area contributed by atoms with Gasteiger partial charge in [0.25, 0.3) is 10.0 Å². The van der Waals surface area contributed by atoms with Crippen LogP contribution in [0.2, 0.25) is 0 Å². The predicted octanol–water partition coefficient (Wildman–Crippen LogP) is 2.35. The van der Waals surface area contributed by atoms with Gasteiger partial charge in [-0.15, -0.1) is 0 Å². The van der Waals surface area contributed by atoms with Crippen molar-refractivity contribution in [3.63, 3.8) is 0 Å². The van der Waals surface area contributed by atoms with Gasteiger partial charge in [0, 0.05) is 31.9 Å². The smallest absolute Gasteiger partial charge is 0.339 e. The van der Waals surface area contributed by atoms with Gasteiger partial charge in [-0.2, -0.15) is 0 Å². The van der Waals surface area contributed by atoms with E-state index in [9.17, 15) is 17.6 Å². The molecule has 0 unspecified atom stereocenters. The van der Waals surface area contributed by atoms with Crippen LogP contribution in [0.3, 0.4) is 0 Å². The molecule has 0 aliphatic heterocycles. The first-order valence-electron chi connectivity index (χ1n) is 7.03. The minimum atomic E-state index is -4.15. The third-order valence-electron chi connectivity index (χ3n) is 3.38. The Hall–Kier alpha value is -2.45. The molecule has 0 radical (unpaired) electrons. The van der Waals surface area contributed by atoms with Crippen molar-refractivity contribution in [1.82, 2.24) is 9.97 Å². The van der Waals surface area contributed by atoms with Crippen molar-refractivity contribution in [2.45, 2.75) is 4.90 Å². The number of hydrogen-bond donors (Lipinski definition) is 1. The van der Waals surface area contributed by atoms with E-state index in [0.717, 1.165) is 25.3 Å². The molecule has 0 fully saturated rings. The number of rotatable bonds is 4. The van der Waals surface area contributed by atoms with E-state index in [1.807, 2.05) is 0 Å². The van der Waals surface area contributed by atoms with Crippen LogP contribution >= 0.6 is 0 Å². The van der Waals surface area contributed by atoms with Crippen LogP contribution in [0.25, 0.3) is 11.0 Å². The van der Waals surface area contributed by atoms with E-state index in [1.54, 1.807) is 6.07 Å². The number of nitrogens with zero attached hydrogens (tertiary/aromatic N) is 2. The normalized spacial score (nSPS) is 10.8. The first-order chi connectivity index (χ1) is 11.9. The molecule has 0 amide bonds. The minimum absolute atomic E-state index is 0. The number of fused-ring (bicyclic) bond motifs is 1. The van der Waals surface area contributed by atoms with E-state index in [-0.39, 0.29) is 41.1 Å². The summed E-state index contributed by atoms with van der Waals surface area (Å²) < 4.78 is 45.8. The fourth-order valence-electron chi connectivity index (χ4n) is 2.27. The molecule has 0 spiro atoms. The number of carbonyl (C=O) groups is 1. The molecular formula is C16H12FN3O4SZn. The number of hydrogen-bond acceptors (Lipinski definition) is 6. The van der Waals surface area contributed by atoms with E-state index in [4.69, 9.17) is 0 Å². The second-order valence-corrected chi connectivity index (χ2v) is 6.62. The first kappa shape index (κ1) is 19.9. The number of aromatic nitrogens is 2. The number of halogens is 1. The van der Waals surface area contributed by atoms with Crippen LogP contribution in [0.4, 0.5) is 10.1 Å². The Morgan fingerprint density at radius 1 is 1.15 bits per heavy atom. The van der Waals surface area contributed by atoms with E-state index < -0.39 is 21.8 Å². The summed E-state index contributed by atoms with van der Waals surface area (Å²) in [5, 5.41) is 0. The molecule has 1 aromatic heterocycles. The molecule has 7 nitrogen and oxygen atoms in total. The largest absolute Gasteiger partial charge is 0.465 e. The van der Waals surface area contributed by atoms with Crippen LogP contribution in [0.1, 0.15) is 10.4 Å². The van der Waals surface area contributed by atoms with E-state index >= 15 is 0 Å². The van der Waals surface area contributed by atoms with E-state index in [1.165, 1.54) is 24.5 Å². The zero-order chi connectivity index (χ0) is 18.0. The van der Waals surface area contributed by atoms with Crippen LogP contribution in [-0.2, 0) is 34.2 Å². The minimum Gasteiger partial charge on any atom is -0.465 e. The molecule has 0 saturated carbocycles. The van der Waals surface area contributed by atoms with Crippen LogP contribution < -0.4 is 4.72 Å². The Balaban J connectivity index is 0.00000243. The van der Waals surface area contributed by atoms with Crippen LogP contribution in [0.15, 0.2) is 53.7 Å². The van der Waals surface area contributed by atoms with Crippen LogP contribution in [-0.4, -0.2) is 31.5 Å². The van der Waals surface area contributed by atoms with E-state index in [0.29, 0.717) is 5.52 Å². The van der Waals surface area contributed by atoms with Gasteiger partial charge in [-0.3, -0.25) is 14.7 Å². The summed E-state index contributed by atoms with van der Waals surface area (Å²) in [4.78, 5) is 19.7. The summed E-state index contributed by atoms with van der Waals surface area (Å²) in [6, 6.07) is 7.55. The van der Waals surface area contributed by atoms with Gasteiger partial charge in [-0.25, -0.2) is 17.6 Å². The molecule has 26 heavy (non-hydrogen) atoms. The molecule has 3 rings (SSSR count). The Bertz CT molecular complexity index is 1070. The molecule has 10 heteroatoms. The van der Waals surface area contributed by atoms with Gasteiger partial charge in [0.15, 0.2) is 0 Å². The Morgan fingerprint density at radius 3 is 2.62 bits per heavy atom. The summed E-state index contributed by atoms with van der Waals surface area (Å²) in [6.07, 6.45) is 2.80. The number of nitrogens with one attached hydrogen (secondary N) is 1. The second-order valence-electron chi connectivity index (χ2n) is 4.97. The van der Waals surface area contributed by atoms with Gasteiger partial charge >= 0.3 is 5.97 Å². The zero-order valence-electron chi connectivity index (χ0n) is 13.6. The van der Waals surface area contributed by atoms with Crippen molar-refractivity contribution in [1.29, 1.82) is 0 Å². The summed E-state index contributed by atoms with van der Waals surface area (Å²) in [6.45, 7) is 0. The number of sulfonamides is 1.